The number of aliphatic hydroxyl groups is 1. The number of aliphatic hydroxyl groups excluding tert-OH is 1. The lowest BCUT2D eigenvalue weighted by molar-refractivity contribution is 0.219. The Morgan fingerprint density at radius 2 is 2.29 bits per heavy atom. The highest BCUT2D eigenvalue weighted by atomic mass is 32.2. The molecule has 0 radical (unpaired) electrons. The Morgan fingerprint density at radius 1 is 1.57 bits per heavy atom. The van der Waals surface area contributed by atoms with Crippen molar-refractivity contribution in [3.8, 4) is 0 Å². The topological polar surface area (TPSA) is 64.0 Å². The van der Waals surface area contributed by atoms with Crippen molar-refractivity contribution in [1.29, 1.82) is 0 Å². The quantitative estimate of drug-likeness (QED) is 0.638. The van der Waals surface area contributed by atoms with Crippen molar-refractivity contribution in [2.75, 3.05) is 20.3 Å². The fourth-order valence-corrected chi connectivity index (χ4v) is 1.67. The largest absolute Gasteiger partial charge is 0.377 e. The van der Waals surface area contributed by atoms with E-state index in [1.54, 1.807) is 0 Å². The molecule has 0 bridgehead atoms. The molecule has 0 aromatic heterocycles. The molecule has 0 saturated heterocycles. The summed E-state index contributed by atoms with van der Waals surface area (Å²) in [5, 5.41) is 9.06. The van der Waals surface area contributed by atoms with E-state index >= 15 is 0 Å². The average molecular weight is 220 g/mol. The SMILES string of the molecule is CN1C=CN(CCCC(O)S(=O)O)C1. The van der Waals surface area contributed by atoms with Crippen LogP contribution in [-0.2, 0) is 11.1 Å². The number of nitrogens with zero attached hydrogens (tertiary/aromatic N) is 2. The predicted octanol–water partition coefficient (Wildman–Crippen LogP) is -0.0172. The first-order valence-corrected chi connectivity index (χ1v) is 5.67. The van der Waals surface area contributed by atoms with Gasteiger partial charge in [-0.2, -0.15) is 0 Å². The molecule has 1 aliphatic rings. The molecule has 2 atom stereocenters. The van der Waals surface area contributed by atoms with Gasteiger partial charge in [-0.1, -0.05) is 0 Å². The third-order valence-electron chi connectivity index (χ3n) is 2.07. The van der Waals surface area contributed by atoms with Gasteiger partial charge in [-0.05, 0) is 12.8 Å². The van der Waals surface area contributed by atoms with E-state index in [1.807, 2.05) is 24.3 Å². The van der Waals surface area contributed by atoms with Crippen molar-refractivity contribution >= 4 is 11.1 Å². The Kier molecular flexibility index (Phi) is 4.37. The highest BCUT2D eigenvalue weighted by Gasteiger charge is 2.12. The molecule has 82 valence electrons. The maximum atomic E-state index is 10.4. The average Bonchev–Trinajstić information content (AvgIpc) is 2.51. The molecule has 0 aromatic rings. The van der Waals surface area contributed by atoms with Gasteiger partial charge in [-0.15, -0.1) is 0 Å². The second-order valence-electron chi connectivity index (χ2n) is 3.38. The van der Waals surface area contributed by atoms with Crippen LogP contribution in [0.1, 0.15) is 12.8 Å². The second kappa shape index (κ2) is 5.33. The molecule has 6 heteroatoms. The molecule has 0 aromatic carbocycles. The van der Waals surface area contributed by atoms with Crippen LogP contribution in [0.2, 0.25) is 0 Å². The zero-order chi connectivity index (χ0) is 10.6. The molecule has 14 heavy (non-hydrogen) atoms. The molecule has 0 amide bonds. The smallest absolute Gasteiger partial charge is 0.182 e. The summed E-state index contributed by atoms with van der Waals surface area (Å²) in [7, 11) is 1.98. The minimum absolute atomic E-state index is 0.358. The van der Waals surface area contributed by atoms with Crippen LogP contribution < -0.4 is 0 Å². The van der Waals surface area contributed by atoms with Gasteiger partial charge in [0.15, 0.2) is 16.5 Å². The summed E-state index contributed by atoms with van der Waals surface area (Å²) in [5.74, 6) is 0. The molecule has 0 saturated carbocycles. The summed E-state index contributed by atoms with van der Waals surface area (Å²) in [6.07, 6.45) is 5.02. The van der Waals surface area contributed by atoms with Crippen molar-refractivity contribution in [3.63, 3.8) is 0 Å². The van der Waals surface area contributed by atoms with Gasteiger partial charge < -0.3 is 19.5 Å². The minimum Gasteiger partial charge on any atom is -0.377 e. The molecule has 1 rings (SSSR count). The van der Waals surface area contributed by atoms with E-state index in [4.69, 9.17) is 9.66 Å². The Balaban J connectivity index is 2.10. The van der Waals surface area contributed by atoms with E-state index in [9.17, 15) is 4.21 Å². The summed E-state index contributed by atoms with van der Waals surface area (Å²) in [5.41, 5.74) is -1.11. The summed E-state index contributed by atoms with van der Waals surface area (Å²) in [6, 6.07) is 0. The van der Waals surface area contributed by atoms with E-state index in [2.05, 4.69) is 4.90 Å². The van der Waals surface area contributed by atoms with Gasteiger partial charge in [-0.25, -0.2) is 4.21 Å². The first-order chi connectivity index (χ1) is 6.59. The molecule has 0 aliphatic carbocycles. The van der Waals surface area contributed by atoms with E-state index in [0.717, 1.165) is 13.2 Å². The lowest BCUT2D eigenvalue weighted by Crippen LogP contribution is -2.24. The predicted molar refractivity (Wildman–Crippen MR) is 54.5 cm³/mol. The third-order valence-corrected chi connectivity index (χ3v) is 2.77. The maximum absolute atomic E-state index is 10.4. The van der Waals surface area contributed by atoms with Crippen molar-refractivity contribution < 1.29 is 13.9 Å². The first-order valence-electron chi connectivity index (χ1n) is 4.50. The molecule has 1 heterocycles. The normalized spacial score (nSPS) is 20.2. The van der Waals surface area contributed by atoms with Crippen LogP contribution in [0.5, 0.6) is 0 Å². The van der Waals surface area contributed by atoms with Crippen LogP contribution in [0.25, 0.3) is 0 Å². The highest BCUT2D eigenvalue weighted by Crippen LogP contribution is 2.07. The van der Waals surface area contributed by atoms with Crippen LogP contribution in [0, 0.1) is 0 Å². The van der Waals surface area contributed by atoms with Gasteiger partial charge in [0.2, 0.25) is 0 Å². The number of hydrogen-bond acceptors (Lipinski definition) is 4. The van der Waals surface area contributed by atoms with E-state index < -0.39 is 16.5 Å². The highest BCUT2D eigenvalue weighted by molar-refractivity contribution is 7.79. The summed E-state index contributed by atoms with van der Waals surface area (Å²) in [4.78, 5) is 4.13. The minimum atomic E-state index is -2.11. The first kappa shape index (κ1) is 11.5. The van der Waals surface area contributed by atoms with E-state index in [0.29, 0.717) is 12.8 Å². The fraction of sp³-hybridized carbons (Fsp3) is 0.750. The Hall–Kier alpha value is -0.590. The zero-order valence-electron chi connectivity index (χ0n) is 8.17. The lowest BCUT2D eigenvalue weighted by Gasteiger charge is -2.18. The van der Waals surface area contributed by atoms with Crippen LogP contribution in [-0.4, -0.2) is 49.4 Å². The van der Waals surface area contributed by atoms with Gasteiger partial charge in [0.05, 0.1) is 6.67 Å². The van der Waals surface area contributed by atoms with Crippen LogP contribution in [0.15, 0.2) is 12.4 Å². The monoisotopic (exact) mass is 220 g/mol. The molecule has 5 nitrogen and oxygen atoms in total. The molecule has 2 unspecified atom stereocenters. The maximum Gasteiger partial charge on any atom is 0.182 e. The molecule has 2 N–H and O–H groups in total. The van der Waals surface area contributed by atoms with Crippen molar-refractivity contribution in [1.82, 2.24) is 9.80 Å². The van der Waals surface area contributed by atoms with E-state index in [-0.39, 0.29) is 0 Å². The van der Waals surface area contributed by atoms with Crippen LogP contribution >= 0.6 is 0 Å². The zero-order valence-corrected chi connectivity index (χ0v) is 8.98. The lowest BCUT2D eigenvalue weighted by atomic mass is 10.3. The van der Waals surface area contributed by atoms with E-state index in [1.165, 1.54) is 0 Å². The summed E-state index contributed by atoms with van der Waals surface area (Å²) in [6.45, 7) is 1.65. The fourth-order valence-electron chi connectivity index (χ4n) is 1.30. The summed E-state index contributed by atoms with van der Waals surface area (Å²) < 4.78 is 18.9. The molecular weight excluding hydrogens is 204 g/mol. The standard InChI is InChI=1S/C8H16N2O3S/c1-9-5-6-10(7-9)4-2-3-8(11)14(12)13/h5-6,8,11H,2-4,7H2,1H3,(H,12,13). The van der Waals surface area contributed by atoms with Crippen molar-refractivity contribution in [2.45, 2.75) is 18.3 Å². The molecular formula is C8H16N2O3S. The molecule has 0 fully saturated rings. The Labute approximate surface area is 86.3 Å². The van der Waals surface area contributed by atoms with Crippen molar-refractivity contribution in [2.24, 2.45) is 0 Å². The number of rotatable bonds is 5. The van der Waals surface area contributed by atoms with Gasteiger partial charge >= 0.3 is 0 Å². The molecule has 0 spiro atoms. The number of hydrogen-bond donors (Lipinski definition) is 2. The second-order valence-corrected chi connectivity index (χ2v) is 4.48. The third kappa shape index (κ3) is 3.65. The Bertz CT molecular complexity index is 235. The van der Waals surface area contributed by atoms with Crippen LogP contribution in [0.4, 0.5) is 0 Å². The Morgan fingerprint density at radius 3 is 2.79 bits per heavy atom. The van der Waals surface area contributed by atoms with Crippen molar-refractivity contribution in [3.05, 3.63) is 12.4 Å². The molecule has 1 aliphatic heterocycles. The van der Waals surface area contributed by atoms with Gasteiger partial charge in [0.25, 0.3) is 0 Å². The van der Waals surface area contributed by atoms with Crippen LogP contribution in [0.3, 0.4) is 0 Å². The van der Waals surface area contributed by atoms with Gasteiger partial charge in [0, 0.05) is 26.0 Å². The van der Waals surface area contributed by atoms with Gasteiger partial charge in [-0.3, -0.25) is 0 Å². The summed E-state index contributed by atoms with van der Waals surface area (Å²) >= 11 is -2.11. The van der Waals surface area contributed by atoms with Gasteiger partial charge in [0.1, 0.15) is 0 Å².